The summed E-state index contributed by atoms with van der Waals surface area (Å²) in [5.41, 5.74) is 0.286. The van der Waals surface area contributed by atoms with Crippen LogP contribution in [0.2, 0.25) is 0 Å². The first-order valence-electron chi connectivity index (χ1n) is 10.2. The van der Waals surface area contributed by atoms with E-state index >= 15 is 0 Å². The lowest BCUT2D eigenvalue weighted by Crippen LogP contribution is -2.41. The zero-order valence-corrected chi connectivity index (χ0v) is 19.8. The molecule has 172 valence electrons. The summed E-state index contributed by atoms with van der Waals surface area (Å²) in [7, 11) is 0. The number of amides is 1. The van der Waals surface area contributed by atoms with Crippen molar-refractivity contribution in [1.29, 1.82) is 0 Å². The van der Waals surface area contributed by atoms with Crippen LogP contribution in [0, 0.1) is 5.82 Å². The van der Waals surface area contributed by atoms with Gasteiger partial charge in [0.25, 0.3) is 0 Å². The second-order valence-corrected chi connectivity index (χ2v) is 11.2. The number of hydrogen-bond donors (Lipinski definition) is 2. The minimum Gasteiger partial charge on any atom is -0.598 e. The fourth-order valence-electron chi connectivity index (χ4n) is 2.58. The minimum atomic E-state index is -1.29. The third-order valence-electron chi connectivity index (χ3n) is 4.10. The number of hydrogen-bond acceptors (Lipinski definition) is 6. The third kappa shape index (κ3) is 8.47. The monoisotopic (exact) mass is 453 g/mol. The van der Waals surface area contributed by atoms with E-state index in [1.54, 1.807) is 12.3 Å². The van der Waals surface area contributed by atoms with Gasteiger partial charge in [-0.3, -0.25) is 0 Å². The van der Waals surface area contributed by atoms with Crippen molar-refractivity contribution in [1.82, 2.24) is 24.8 Å². The molecule has 0 aromatic carbocycles. The van der Waals surface area contributed by atoms with Gasteiger partial charge in [0.15, 0.2) is 11.6 Å². The molecule has 2 atom stereocenters. The molecule has 2 aromatic rings. The summed E-state index contributed by atoms with van der Waals surface area (Å²) in [5.74, 6) is 0.0402. The summed E-state index contributed by atoms with van der Waals surface area (Å²) >= 11 is -1.29. The first-order chi connectivity index (χ1) is 14.3. The average Bonchev–Trinajstić information content (AvgIpc) is 3.08. The number of ether oxygens (including phenoxy) is 1. The van der Waals surface area contributed by atoms with E-state index in [0.717, 1.165) is 11.8 Å². The average molecular weight is 454 g/mol. The minimum absolute atomic E-state index is 0.239. The predicted octanol–water partition coefficient (Wildman–Crippen LogP) is 3.80. The normalized spacial score (nSPS) is 14.2. The number of carbonyl (C=O) groups is 1. The third-order valence-corrected chi connectivity index (χ3v) is 5.71. The Morgan fingerprint density at radius 3 is 2.48 bits per heavy atom. The second-order valence-electron chi connectivity index (χ2n) is 9.18. The first kappa shape index (κ1) is 25.1. The molecule has 0 aliphatic carbocycles. The quantitative estimate of drug-likeness (QED) is 0.465. The highest BCUT2D eigenvalue weighted by Gasteiger charge is 2.30. The van der Waals surface area contributed by atoms with Crippen molar-refractivity contribution in [3.63, 3.8) is 0 Å². The fourth-order valence-corrected chi connectivity index (χ4v) is 3.44. The van der Waals surface area contributed by atoms with Gasteiger partial charge in [0.1, 0.15) is 10.3 Å². The van der Waals surface area contributed by atoms with Gasteiger partial charge in [-0.1, -0.05) is 6.07 Å². The van der Waals surface area contributed by atoms with E-state index in [1.165, 1.54) is 10.9 Å². The van der Waals surface area contributed by atoms with Gasteiger partial charge in [-0.15, -0.1) is 4.72 Å². The number of halogens is 1. The maximum atomic E-state index is 13.2. The molecule has 31 heavy (non-hydrogen) atoms. The number of aromatic nitrogens is 3. The first-order valence-corrected chi connectivity index (χ1v) is 11.3. The molecule has 0 aliphatic heterocycles. The molecule has 0 bridgehead atoms. The van der Waals surface area contributed by atoms with Crippen LogP contribution in [0.3, 0.4) is 0 Å². The molecule has 1 amide bonds. The van der Waals surface area contributed by atoms with Crippen molar-refractivity contribution in [3.05, 3.63) is 42.1 Å². The summed E-state index contributed by atoms with van der Waals surface area (Å²) in [4.78, 5) is 16.2. The van der Waals surface area contributed by atoms with Gasteiger partial charge < -0.3 is 14.6 Å². The van der Waals surface area contributed by atoms with Crippen LogP contribution in [0.1, 0.15) is 66.0 Å². The van der Waals surface area contributed by atoms with Crippen LogP contribution in [0.5, 0.6) is 0 Å². The zero-order valence-electron chi connectivity index (χ0n) is 18.9. The Hall–Kier alpha value is -2.17. The Morgan fingerprint density at radius 1 is 1.26 bits per heavy atom. The molecule has 1 unspecified atom stereocenters. The predicted molar refractivity (Wildman–Crippen MR) is 119 cm³/mol. The Kier molecular flexibility index (Phi) is 8.44. The fraction of sp³-hybridized carbons (Fsp3) is 0.571. The zero-order chi connectivity index (χ0) is 23.2. The summed E-state index contributed by atoms with van der Waals surface area (Å²) < 4.78 is 35.2. The van der Waals surface area contributed by atoms with Gasteiger partial charge in [0.2, 0.25) is 0 Å². The van der Waals surface area contributed by atoms with Crippen molar-refractivity contribution < 1.29 is 18.5 Å². The van der Waals surface area contributed by atoms with E-state index in [9.17, 15) is 13.7 Å². The van der Waals surface area contributed by atoms with Gasteiger partial charge >= 0.3 is 6.09 Å². The molecule has 8 nitrogen and oxygen atoms in total. The van der Waals surface area contributed by atoms with Crippen LogP contribution in [0.25, 0.3) is 5.82 Å². The molecule has 2 rings (SSSR count). The highest BCUT2D eigenvalue weighted by Crippen LogP contribution is 2.24. The van der Waals surface area contributed by atoms with E-state index in [2.05, 4.69) is 20.1 Å². The molecule has 0 spiro atoms. The van der Waals surface area contributed by atoms with E-state index in [1.807, 2.05) is 47.6 Å². The van der Waals surface area contributed by atoms with Crippen LogP contribution in [-0.2, 0) is 16.1 Å². The van der Waals surface area contributed by atoms with Crippen molar-refractivity contribution in [2.75, 3.05) is 6.54 Å². The van der Waals surface area contributed by atoms with Crippen LogP contribution >= 0.6 is 0 Å². The number of pyridine rings is 1. The summed E-state index contributed by atoms with van der Waals surface area (Å²) in [6.07, 6.45) is 4.82. The summed E-state index contributed by atoms with van der Waals surface area (Å²) in [6, 6.07) is 3.34. The number of alkyl carbamates (subject to hydrolysis) is 1. The lowest BCUT2D eigenvalue weighted by molar-refractivity contribution is 0.0526. The maximum Gasteiger partial charge on any atom is 0.407 e. The Balaban J connectivity index is 2.03. The smallest absolute Gasteiger partial charge is 0.407 e. The highest BCUT2D eigenvalue weighted by molar-refractivity contribution is 7.90. The van der Waals surface area contributed by atoms with E-state index in [0.29, 0.717) is 25.2 Å². The van der Waals surface area contributed by atoms with Gasteiger partial charge in [0, 0.05) is 24.1 Å². The molecule has 0 saturated heterocycles. The van der Waals surface area contributed by atoms with Crippen LogP contribution in [0.15, 0.2) is 30.7 Å². The lowest BCUT2D eigenvalue weighted by Gasteiger charge is -2.28. The molecule has 0 saturated carbocycles. The molecule has 0 aliphatic rings. The number of nitrogens with one attached hydrogen (secondary N) is 2. The van der Waals surface area contributed by atoms with Crippen molar-refractivity contribution >= 4 is 17.5 Å². The van der Waals surface area contributed by atoms with Gasteiger partial charge in [-0.2, -0.15) is 5.10 Å². The lowest BCUT2D eigenvalue weighted by atomic mass is 10.1. The molecular formula is C21H32FN5O3S. The van der Waals surface area contributed by atoms with Gasteiger partial charge in [0.05, 0.1) is 18.4 Å². The van der Waals surface area contributed by atoms with Crippen LogP contribution in [0.4, 0.5) is 9.18 Å². The maximum absolute atomic E-state index is 13.2. The van der Waals surface area contributed by atoms with E-state index < -0.39 is 33.6 Å². The Labute approximate surface area is 186 Å². The second kappa shape index (κ2) is 10.4. The van der Waals surface area contributed by atoms with Gasteiger partial charge in [-0.25, -0.2) is 18.9 Å². The van der Waals surface area contributed by atoms with Crippen molar-refractivity contribution in [2.45, 2.75) is 70.8 Å². The molecule has 2 N–H and O–H groups in total. The van der Waals surface area contributed by atoms with Crippen molar-refractivity contribution in [2.24, 2.45) is 0 Å². The molecule has 10 heteroatoms. The number of nitrogens with zero attached hydrogens (tertiary/aromatic N) is 3. The summed E-state index contributed by atoms with van der Waals surface area (Å²) in [6.45, 7) is 11.5. The van der Waals surface area contributed by atoms with Crippen LogP contribution in [-0.4, -0.2) is 42.3 Å². The number of carbonyl (C=O) groups excluding carboxylic acids is 1. The Bertz CT molecular complexity index is 846. The van der Waals surface area contributed by atoms with E-state index in [-0.39, 0.29) is 6.04 Å². The standard InChI is InChI=1S/C21H32FN5O3S/c1-20(2,3)30-19(28)23-11-7-8-17(26-31(29)21(4,5)6)15-9-10-18(24-12-15)27-14-16(22)13-25-27/h9-10,12-14,17,26H,7-8,11H2,1-6H3,(H,23,28)/t17-,31?/m0/s1. The summed E-state index contributed by atoms with van der Waals surface area (Å²) in [5, 5.41) is 6.64. The van der Waals surface area contributed by atoms with Crippen LogP contribution < -0.4 is 10.0 Å². The molecule has 2 heterocycles. The number of rotatable bonds is 8. The molecule has 2 aromatic heterocycles. The molecule has 0 fully saturated rings. The Morgan fingerprint density at radius 2 is 1.97 bits per heavy atom. The molecule has 0 radical (unpaired) electrons. The van der Waals surface area contributed by atoms with E-state index in [4.69, 9.17) is 4.74 Å². The largest absolute Gasteiger partial charge is 0.598 e. The topological polar surface area (TPSA) is 104 Å². The van der Waals surface area contributed by atoms with Crippen molar-refractivity contribution in [3.8, 4) is 5.82 Å². The van der Waals surface area contributed by atoms with Gasteiger partial charge in [-0.05, 0) is 66.0 Å². The highest BCUT2D eigenvalue weighted by atomic mass is 32.2. The SMILES string of the molecule is CC(C)(C)OC(=O)NCCC[C@H](N[S+]([O-])C(C)(C)C)c1ccc(-n2cc(F)cn2)nc1. The molecular weight excluding hydrogens is 421 g/mol.